The van der Waals surface area contributed by atoms with Crippen LogP contribution in [0.1, 0.15) is 27.0 Å². The molecule has 7 heteroatoms. The van der Waals surface area contributed by atoms with Gasteiger partial charge in [-0.05, 0) is 42.3 Å². The second kappa shape index (κ2) is 8.22. The van der Waals surface area contributed by atoms with Crippen LogP contribution >= 0.6 is 11.3 Å². The summed E-state index contributed by atoms with van der Waals surface area (Å²) in [6.07, 6.45) is -0.724. The van der Waals surface area contributed by atoms with E-state index in [0.717, 1.165) is 20.9 Å². The topological polar surface area (TPSA) is 75.6 Å². The van der Waals surface area contributed by atoms with Crippen LogP contribution in [0.3, 0.4) is 0 Å². The molecule has 3 aromatic rings. The number of methoxy groups -OCH3 is 1. The highest BCUT2D eigenvalue weighted by molar-refractivity contribution is 7.89. The van der Waals surface area contributed by atoms with Gasteiger partial charge in [0.2, 0.25) is 10.0 Å². The standard InChI is InChI=1S/C20H21NO4S2/c1-14-8-10-17(25-2)19(12-14)27(23,24)21-13-16-9-11-18(26-16)20(22)15-6-4-3-5-7-15/h3-12,20-22H,13H2,1-2H3. The number of sulfonamides is 1. The van der Waals surface area contributed by atoms with Gasteiger partial charge in [-0.2, -0.15) is 0 Å². The number of aliphatic hydroxyl groups excluding tert-OH is 1. The molecule has 0 radical (unpaired) electrons. The van der Waals surface area contributed by atoms with E-state index in [2.05, 4.69) is 4.72 Å². The molecule has 0 aliphatic rings. The number of aryl methyl sites for hydroxylation is 1. The molecule has 3 rings (SSSR count). The van der Waals surface area contributed by atoms with Crippen LogP contribution in [-0.4, -0.2) is 20.6 Å². The number of rotatable bonds is 7. The van der Waals surface area contributed by atoms with Gasteiger partial charge in [0.25, 0.3) is 0 Å². The summed E-state index contributed by atoms with van der Waals surface area (Å²) in [6.45, 7) is 1.97. The largest absolute Gasteiger partial charge is 0.495 e. The summed E-state index contributed by atoms with van der Waals surface area (Å²) in [6, 6.07) is 18.0. The summed E-state index contributed by atoms with van der Waals surface area (Å²) in [7, 11) is -2.27. The van der Waals surface area contributed by atoms with Crippen LogP contribution in [-0.2, 0) is 16.6 Å². The van der Waals surface area contributed by atoms with Gasteiger partial charge in [-0.25, -0.2) is 13.1 Å². The maximum absolute atomic E-state index is 12.7. The van der Waals surface area contributed by atoms with Crippen molar-refractivity contribution in [1.29, 1.82) is 0 Å². The quantitative estimate of drug-likeness (QED) is 0.632. The van der Waals surface area contributed by atoms with Crippen LogP contribution in [0.25, 0.3) is 0 Å². The summed E-state index contributed by atoms with van der Waals surface area (Å²) < 4.78 is 33.1. The SMILES string of the molecule is COc1ccc(C)cc1S(=O)(=O)NCc1ccc(C(O)c2ccccc2)s1. The molecule has 1 atom stereocenters. The van der Waals surface area contributed by atoms with Gasteiger partial charge in [0.1, 0.15) is 16.7 Å². The lowest BCUT2D eigenvalue weighted by Crippen LogP contribution is -2.23. The van der Waals surface area contributed by atoms with Gasteiger partial charge in [-0.1, -0.05) is 36.4 Å². The molecule has 142 valence electrons. The van der Waals surface area contributed by atoms with Gasteiger partial charge >= 0.3 is 0 Å². The molecule has 1 heterocycles. The molecule has 2 N–H and O–H groups in total. The third-order valence-electron chi connectivity index (χ3n) is 4.11. The van der Waals surface area contributed by atoms with E-state index in [1.165, 1.54) is 18.4 Å². The normalized spacial score (nSPS) is 12.7. The first-order chi connectivity index (χ1) is 12.9. The number of hydrogen-bond donors (Lipinski definition) is 2. The van der Waals surface area contributed by atoms with Gasteiger partial charge in [-0.15, -0.1) is 11.3 Å². The first-order valence-corrected chi connectivity index (χ1v) is 10.7. The molecule has 5 nitrogen and oxygen atoms in total. The van der Waals surface area contributed by atoms with E-state index >= 15 is 0 Å². The van der Waals surface area contributed by atoms with Gasteiger partial charge in [0, 0.05) is 16.3 Å². The van der Waals surface area contributed by atoms with Gasteiger partial charge in [0.05, 0.1) is 7.11 Å². The van der Waals surface area contributed by atoms with Crippen molar-refractivity contribution >= 4 is 21.4 Å². The molecule has 1 unspecified atom stereocenters. The Morgan fingerprint density at radius 2 is 1.85 bits per heavy atom. The lowest BCUT2D eigenvalue weighted by molar-refractivity contribution is 0.224. The molecule has 0 saturated carbocycles. The minimum absolute atomic E-state index is 0.117. The van der Waals surface area contributed by atoms with Crippen LogP contribution in [0.2, 0.25) is 0 Å². The number of thiophene rings is 1. The van der Waals surface area contributed by atoms with Crippen LogP contribution < -0.4 is 9.46 Å². The van der Waals surface area contributed by atoms with Crippen LogP contribution in [0, 0.1) is 6.92 Å². The third kappa shape index (κ3) is 4.56. The molecule has 0 spiro atoms. The molecule has 0 aliphatic heterocycles. The Labute approximate surface area is 163 Å². The Balaban J connectivity index is 1.74. The fourth-order valence-corrected chi connectivity index (χ4v) is 4.99. The molecule has 0 fully saturated rings. The van der Waals surface area contributed by atoms with Crippen molar-refractivity contribution in [2.75, 3.05) is 7.11 Å². The maximum atomic E-state index is 12.7. The molecule has 27 heavy (non-hydrogen) atoms. The fraction of sp³-hybridized carbons (Fsp3) is 0.200. The number of hydrogen-bond acceptors (Lipinski definition) is 5. The van der Waals surface area contributed by atoms with E-state index in [1.54, 1.807) is 18.2 Å². The van der Waals surface area contributed by atoms with Crippen molar-refractivity contribution in [3.05, 3.63) is 81.5 Å². The van der Waals surface area contributed by atoms with Crippen molar-refractivity contribution in [1.82, 2.24) is 4.72 Å². The number of benzene rings is 2. The Morgan fingerprint density at radius 1 is 1.11 bits per heavy atom. The second-order valence-electron chi connectivity index (χ2n) is 6.10. The molecule has 0 aliphatic carbocycles. The minimum atomic E-state index is -3.72. The summed E-state index contributed by atoms with van der Waals surface area (Å²) in [5.41, 5.74) is 1.64. The average molecular weight is 404 g/mol. The van der Waals surface area contributed by atoms with Crippen LogP contribution in [0.5, 0.6) is 5.75 Å². The molecular weight excluding hydrogens is 382 g/mol. The highest BCUT2D eigenvalue weighted by Gasteiger charge is 2.20. The van der Waals surface area contributed by atoms with Crippen molar-refractivity contribution in [3.63, 3.8) is 0 Å². The average Bonchev–Trinajstić information content (AvgIpc) is 3.15. The Morgan fingerprint density at radius 3 is 2.56 bits per heavy atom. The first-order valence-electron chi connectivity index (χ1n) is 8.36. The van der Waals surface area contributed by atoms with Crippen molar-refractivity contribution in [3.8, 4) is 5.75 Å². The summed E-state index contributed by atoms with van der Waals surface area (Å²) in [5, 5.41) is 10.5. The molecule has 2 aromatic carbocycles. The smallest absolute Gasteiger partial charge is 0.244 e. The monoisotopic (exact) mass is 403 g/mol. The molecule has 1 aromatic heterocycles. The van der Waals surface area contributed by atoms with E-state index in [4.69, 9.17) is 4.74 Å². The maximum Gasteiger partial charge on any atom is 0.244 e. The zero-order valence-corrected chi connectivity index (χ0v) is 16.7. The Hall–Kier alpha value is -2.19. The Bertz CT molecular complexity index is 1010. The molecule has 0 amide bonds. The lowest BCUT2D eigenvalue weighted by Gasteiger charge is -2.11. The summed E-state index contributed by atoms with van der Waals surface area (Å²) in [5.74, 6) is 0.305. The highest BCUT2D eigenvalue weighted by Crippen LogP contribution is 2.29. The summed E-state index contributed by atoms with van der Waals surface area (Å²) in [4.78, 5) is 1.70. The predicted molar refractivity (Wildman–Crippen MR) is 107 cm³/mol. The zero-order chi connectivity index (χ0) is 19.4. The van der Waals surface area contributed by atoms with Gasteiger partial charge in [0.15, 0.2) is 0 Å². The van der Waals surface area contributed by atoms with Crippen LogP contribution in [0.4, 0.5) is 0 Å². The Kier molecular flexibility index (Phi) is 5.96. The van der Waals surface area contributed by atoms with E-state index in [1.807, 2.05) is 49.4 Å². The van der Waals surface area contributed by atoms with Crippen molar-refractivity contribution < 1.29 is 18.3 Å². The molecular formula is C20H21NO4S2. The highest BCUT2D eigenvalue weighted by atomic mass is 32.2. The second-order valence-corrected chi connectivity index (χ2v) is 9.03. The predicted octanol–water partition coefficient (Wildman–Crippen LogP) is 3.63. The zero-order valence-electron chi connectivity index (χ0n) is 15.0. The van der Waals surface area contributed by atoms with E-state index < -0.39 is 16.1 Å². The van der Waals surface area contributed by atoms with E-state index in [-0.39, 0.29) is 11.4 Å². The van der Waals surface area contributed by atoms with Gasteiger partial charge in [-0.3, -0.25) is 0 Å². The summed E-state index contributed by atoms with van der Waals surface area (Å²) >= 11 is 1.38. The van der Waals surface area contributed by atoms with Crippen molar-refractivity contribution in [2.24, 2.45) is 0 Å². The van der Waals surface area contributed by atoms with E-state index in [9.17, 15) is 13.5 Å². The third-order valence-corrected chi connectivity index (χ3v) is 6.67. The molecule has 0 bridgehead atoms. The number of nitrogens with one attached hydrogen (secondary N) is 1. The van der Waals surface area contributed by atoms with Crippen molar-refractivity contribution in [2.45, 2.75) is 24.5 Å². The molecule has 0 saturated heterocycles. The van der Waals surface area contributed by atoms with Crippen LogP contribution in [0.15, 0.2) is 65.6 Å². The minimum Gasteiger partial charge on any atom is -0.495 e. The number of ether oxygens (including phenoxy) is 1. The lowest BCUT2D eigenvalue weighted by atomic mass is 10.1. The fourth-order valence-electron chi connectivity index (χ4n) is 2.67. The van der Waals surface area contributed by atoms with Gasteiger partial charge < -0.3 is 9.84 Å². The number of aliphatic hydroxyl groups is 1. The first kappa shape index (κ1) is 19.6. The van der Waals surface area contributed by atoms with E-state index in [0.29, 0.717) is 5.75 Å².